The number of rotatable bonds is 9. The number of imidazole rings is 1. The molecule has 0 radical (unpaired) electrons. The molecule has 16 heavy (non-hydrogen) atoms. The van der Waals surface area contributed by atoms with Crippen molar-refractivity contribution in [3.05, 3.63) is 30.9 Å². The summed E-state index contributed by atoms with van der Waals surface area (Å²) in [5, 5.41) is 3.32. The molecule has 0 amide bonds. The summed E-state index contributed by atoms with van der Waals surface area (Å²) in [5.41, 5.74) is 0. The van der Waals surface area contributed by atoms with E-state index in [4.69, 9.17) is 4.74 Å². The van der Waals surface area contributed by atoms with Crippen molar-refractivity contribution >= 4 is 0 Å². The second-order valence-electron chi connectivity index (χ2n) is 3.64. The first-order valence-corrected chi connectivity index (χ1v) is 5.70. The lowest BCUT2D eigenvalue weighted by molar-refractivity contribution is 0.140. The molecule has 1 aromatic heterocycles. The van der Waals surface area contributed by atoms with E-state index in [0.717, 1.165) is 45.0 Å². The van der Waals surface area contributed by atoms with Crippen LogP contribution in [0.15, 0.2) is 25.0 Å². The van der Waals surface area contributed by atoms with Gasteiger partial charge in [-0.3, -0.25) is 0 Å². The molecule has 0 bridgehead atoms. The molecule has 1 heterocycles. The number of nitrogens with zero attached hydrogens (tertiary/aromatic N) is 2. The smallest absolute Gasteiger partial charge is 0.109 e. The maximum absolute atomic E-state index is 5.38. The van der Waals surface area contributed by atoms with Gasteiger partial charge in [-0.05, 0) is 6.42 Å². The Morgan fingerprint density at radius 3 is 3.06 bits per heavy atom. The predicted octanol–water partition coefficient (Wildman–Crippen LogP) is 1.14. The molecule has 0 unspecified atom stereocenters. The quantitative estimate of drug-likeness (QED) is 0.504. The van der Waals surface area contributed by atoms with Crippen molar-refractivity contribution < 1.29 is 4.74 Å². The molecule has 1 aromatic rings. The second kappa shape index (κ2) is 8.07. The van der Waals surface area contributed by atoms with Crippen molar-refractivity contribution in [3.8, 4) is 0 Å². The highest BCUT2D eigenvalue weighted by atomic mass is 16.5. The molecule has 0 spiro atoms. The van der Waals surface area contributed by atoms with Gasteiger partial charge >= 0.3 is 0 Å². The maximum atomic E-state index is 5.38. The van der Waals surface area contributed by atoms with Gasteiger partial charge in [-0.25, -0.2) is 4.98 Å². The average molecular weight is 223 g/mol. The van der Waals surface area contributed by atoms with Crippen molar-refractivity contribution in [2.75, 3.05) is 26.3 Å². The Bertz CT molecular complexity index is 296. The fraction of sp³-hybridized carbons (Fsp3) is 0.583. The summed E-state index contributed by atoms with van der Waals surface area (Å²) < 4.78 is 7.42. The molecule has 4 nitrogen and oxygen atoms in total. The Labute approximate surface area is 97.3 Å². The van der Waals surface area contributed by atoms with Gasteiger partial charge in [0, 0.05) is 39.0 Å². The summed E-state index contributed by atoms with van der Waals surface area (Å²) in [4.78, 5) is 4.25. The fourth-order valence-corrected chi connectivity index (χ4v) is 1.38. The lowest BCUT2D eigenvalue weighted by Gasteiger charge is -2.05. The minimum atomic E-state index is 0.758. The zero-order valence-electron chi connectivity index (χ0n) is 9.98. The number of hydrogen-bond donors (Lipinski definition) is 1. The lowest BCUT2D eigenvalue weighted by atomic mass is 10.4. The van der Waals surface area contributed by atoms with E-state index in [2.05, 4.69) is 16.9 Å². The van der Waals surface area contributed by atoms with Crippen LogP contribution in [0.3, 0.4) is 0 Å². The molecule has 0 saturated carbocycles. The molecule has 0 atom stereocenters. The van der Waals surface area contributed by atoms with Gasteiger partial charge in [0.1, 0.15) is 5.82 Å². The number of ether oxygens (including phenoxy) is 1. The van der Waals surface area contributed by atoms with E-state index in [-0.39, 0.29) is 0 Å². The Kier molecular flexibility index (Phi) is 6.53. The van der Waals surface area contributed by atoms with Gasteiger partial charge in [0.25, 0.3) is 0 Å². The highest BCUT2D eigenvalue weighted by Crippen LogP contribution is 1.93. The zero-order valence-corrected chi connectivity index (χ0v) is 9.98. The van der Waals surface area contributed by atoms with Crippen LogP contribution in [0.5, 0.6) is 0 Å². The normalized spacial score (nSPS) is 10.6. The van der Waals surface area contributed by atoms with E-state index in [0.29, 0.717) is 0 Å². The molecule has 1 rings (SSSR count). The van der Waals surface area contributed by atoms with Crippen LogP contribution < -0.4 is 5.32 Å². The Morgan fingerprint density at radius 2 is 2.38 bits per heavy atom. The highest BCUT2D eigenvalue weighted by molar-refractivity contribution is 4.91. The van der Waals surface area contributed by atoms with Crippen LogP contribution in [0.25, 0.3) is 0 Å². The molecule has 4 heteroatoms. The molecule has 0 aliphatic carbocycles. The molecule has 0 saturated heterocycles. The summed E-state index contributed by atoms with van der Waals surface area (Å²) in [5.74, 6) is 1.11. The Hall–Kier alpha value is -1.13. The van der Waals surface area contributed by atoms with Gasteiger partial charge in [-0.2, -0.15) is 0 Å². The highest BCUT2D eigenvalue weighted by Gasteiger charge is 1.97. The molecule has 0 aromatic carbocycles. The lowest BCUT2D eigenvalue weighted by Crippen LogP contribution is -2.23. The predicted molar refractivity (Wildman–Crippen MR) is 65.4 cm³/mol. The molecule has 0 aliphatic rings. The van der Waals surface area contributed by atoms with Gasteiger partial charge in [-0.15, -0.1) is 6.58 Å². The summed E-state index contributed by atoms with van der Waals surface area (Å²) in [6, 6.07) is 0. The van der Waals surface area contributed by atoms with Crippen molar-refractivity contribution in [3.63, 3.8) is 0 Å². The summed E-state index contributed by atoms with van der Waals surface area (Å²) in [6.45, 7) is 7.00. The first-order chi connectivity index (χ1) is 7.84. The van der Waals surface area contributed by atoms with E-state index in [1.54, 1.807) is 0 Å². The van der Waals surface area contributed by atoms with E-state index in [9.17, 15) is 0 Å². The molecule has 0 aliphatic heterocycles. The van der Waals surface area contributed by atoms with Crippen LogP contribution >= 0.6 is 0 Å². The second-order valence-corrected chi connectivity index (χ2v) is 3.64. The van der Waals surface area contributed by atoms with Crippen LogP contribution in [0.1, 0.15) is 12.2 Å². The van der Waals surface area contributed by atoms with Gasteiger partial charge in [0.05, 0.1) is 13.2 Å². The van der Waals surface area contributed by atoms with Crippen LogP contribution in [0.2, 0.25) is 0 Å². The maximum Gasteiger partial charge on any atom is 0.109 e. The van der Waals surface area contributed by atoms with Crippen molar-refractivity contribution in [1.29, 1.82) is 0 Å². The van der Waals surface area contributed by atoms with Crippen molar-refractivity contribution in [1.82, 2.24) is 14.9 Å². The number of aromatic nitrogens is 2. The molecule has 90 valence electrons. The minimum Gasteiger partial charge on any atom is -0.380 e. The van der Waals surface area contributed by atoms with E-state index < -0.39 is 0 Å². The summed E-state index contributed by atoms with van der Waals surface area (Å²) in [7, 11) is 2.01. The van der Waals surface area contributed by atoms with Crippen molar-refractivity contribution in [2.24, 2.45) is 7.05 Å². The van der Waals surface area contributed by atoms with Crippen LogP contribution in [0, 0.1) is 0 Å². The molecule has 0 fully saturated rings. The number of nitrogens with one attached hydrogen (secondary N) is 1. The molecular formula is C12H21N3O. The molecular weight excluding hydrogens is 202 g/mol. The summed E-state index contributed by atoms with van der Waals surface area (Å²) >= 11 is 0. The van der Waals surface area contributed by atoms with Crippen molar-refractivity contribution in [2.45, 2.75) is 12.8 Å². The van der Waals surface area contributed by atoms with E-state index in [1.807, 2.05) is 30.1 Å². The van der Waals surface area contributed by atoms with Gasteiger partial charge < -0.3 is 14.6 Å². The van der Waals surface area contributed by atoms with Gasteiger partial charge in [0.15, 0.2) is 0 Å². The van der Waals surface area contributed by atoms with Crippen LogP contribution in [-0.2, 0) is 18.2 Å². The molecule has 1 N–H and O–H groups in total. The Morgan fingerprint density at radius 1 is 1.50 bits per heavy atom. The fourth-order valence-electron chi connectivity index (χ4n) is 1.38. The van der Waals surface area contributed by atoms with Gasteiger partial charge in [-0.1, -0.05) is 6.08 Å². The number of aryl methyl sites for hydroxylation is 1. The third-order valence-electron chi connectivity index (χ3n) is 2.34. The third-order valence-corrected chi connectivity index (χ3v) is 2.34. The van der Waals surface area contributed by atoms with E-state index in [1.165, 1.54) is 0 Å². The monoisotopic (exact) mass is 223 g/mol. The summed E-state index contributed by atoms with van der Waals surface area (Å²) in [6.07, 6.45) is 7.54. The van der Waals surface area contributed by atoms with Gasteiger partial charge in [0.2, 0.25) is 0 Å². The SMILES string of the molecule is C=CCCOCCNCCc1nccn1C. The minimum absolute atomic E-state index is 0.758. The number of hydrogen-bond acceptors (Lipinski definition) is 3. The van der Waals surface area contributed by atoms with E-state index >= 15 is 0 Å². The standard InChI is InChI=1S/C12H21N3O/c1-3-4-10-16-11-8-13-6-5-12-14-7-9-15(12)2/h3,7,9,13H,1,4-6,8,10-11H2,2H3. The average Bonchev–Trinajstić information content (AvgIpc) is 2.68. The topological polar surface area (TPSA) is 39.1 Å². The largest absolute Gasteiger partial charge is 0.380 e. The van der Waals surface area contributed by atoms with Crippen LogP contribution in [0.4, 0.5) is 0 Å². The first kappa shape index (κ1) is 12.9. The third kappa shape index (κ3) is 5.09. The Balaban J connectivity index is 1.92. The zero-order chi connectivity index (χ0) is 11.6. The van der Waals surface area contributed by atoms with Crippen LogP contribution in [-0.4, -0.2) is 35.9 Å². The first-order valence-electron chi connectivity index (χ1n) is 5.70.